The molecule has 0 aromatic heterocycles. The maximum Gasteiger partial charge on any atom is 0.270 e. The zero-order valence-corrected chi connectivity index (χ0v) is 12.4. The van der Waals surface area contributed by atoms with E-state index in [-0.39, 0.29) is 5.56 Å². The molecule has 114 valence electrons. The van der Waals surface area contributed by atoms with Crippen LogP contribution in [0.25, 0.3) is 16.8 Å². The van der Waals surface area contributed by atoms with Gasteiger partial charge in [0.05, 0.1) is 5.70 Å². The van der Waals surface area contributed by atoms with Crippen molar-refractivity contribution >= 4 is 5.70 Å². The summed E-state index contributed by atoms with van der Waals surface area (Å²) < 4.78 is 27.7. The van der Waals surface area contributed by atoms with Crippen LogP contribution in [0, 0.1) is 0 Å². The summed E-state index contributed by atoms with van der Waals surface area (Å²) in [6, 6.07) is 14.5. The summed E-state index contributed by atoms with van der Waals surface area (Å²) in [6.07, 6.45) is 0. The molecule has 5 heteroatoms. The smallest absolute Gasteiger partial charge is 0.270 e. The third-order valence-corrected chi connectivity index (χ3v) is 3.65. The molecule has 1 aliphatic heterocycles. The zero-order chi connectivity index (χ0) is 15.7. The van der Waals surface area contributed by atoms with Gasteiger partial charge >= 0.3 is 0 Å². The number of alkyl halides is 2. The zero-order valence-electron chi connectivity index (χ0n) is 12.4. The van der Waals surface area contributed by atoms with Crippen molar-refractivity contribution in [1.29, 1.82) is 0 Å². The lowest BCUT2D eigenvalue weighted by Crippen LogP contribution is -2.32. The summed E-state index contributed by atoms with van der Waals surface area (Å²) >= 11 is 0. The molecule has 0 amide bonds. The minimum Gasteiger partial charge on any atom is -0.306 e. The minimum atomic E-state index is -2.90. The first-order valence-corrected chi connectivity index (χ1v) is 7.02. The van der Waals surface area contributed by atoms with Gasteiger partial charge < -0.3 is 10.9 Å². The molecule has 3 N–H and O–H groups in total. The lowest BCUT2D eigenvalue weighted by Gasteiger charge is -2.16. The SMILES string of the molecule is CC1=C(c2cc(-c3ccccc3)cc(C(C)(F)F)c2)NNN1. The minimum absolute atomic E-state index is 0.00199. The molecule has 0 saturated carbocycles. The molecular formula is C17H17F2N3. The number of rotatable bonds is 3. The van der Waals surface area contributed by atoms with Crippen LogP contribution in [0.3, 0.4) is 0 Å². The van der Waals surface area contributed by atoms with Crippen molar-refractivity contribution in [2.24, 2.45) is 0 Å². The highest BCUT2D eigenvalue weighted by Crippen LogP contribution is 2.34. The normalized spacial score (nSPS) is 14.7. The molecule has 3 nitrogen and oxygen atoms in total. The van der Waals surface area contributed by atoms with Crippen LogP contribution in [0.5, 0.6) is 0 Å². The lowest BCUT2D eigenvalue weighted by atomic mass is 9.96. The first-order valence-electron chi connectivity index (χ1n) is 7.02. The number of hydrogen-bond donors (Lipinski definition) is 3. The number of hydrazine groups is 2. The van der Waals surface area contributed by atoms with E-state index in [2.05, 4.69) is 16.4 Å². The monoisotopic (exact) mass is 301 g/mol. The molecule has 2 aromatic rings. The fraction of sp³-hybridized carbons (Fsp3) is 0.176. The van der Waals surface area contributed by atoms with Gasteiger partial charge in [0, 0.05) is 23.7 Å². The average molecular weight is 301 g/mol. The van der Waals surface area contributed by atoms with Gasteiger partial charge in [-0.3, -0.25) is 0 Å². The van der Waals surface area contributed by atoms with Crippen molar-refractivity contribution < 1.29 is 8.78 Å². The molecule has 0 spiro atoms. The van der Waals surface area contributed by atoms with Crippen LogP contribution in [0.2, 0.25) is 0 Å². The summed E-state index contributed by atoms with van der Waals surface area (Å²) in [5.74, 6) is -2.90. The van der Waals surface area contributed by atoms with Crippen molar-refractivity contribution in [2.45, 2.75) is 19.8 Å². The van der Waals surface area contributed by atoms with Crippen LogP contribution in [0.4, 0.5) is 8.78 Å². The highest BCUT2D eigenvalue weighted by atomic mass is 19.3. The van der Waals surface area contributed by atoms with E-state index in [1.807, 2.05) is 43.3 Å². The summed E-state index contributed by atoms with van der Waals surface area (Å²) in [4.78, 5) is 0. The second-order valence-electron chi connectivity index (χ2n) is 5.43. The van der Waals surface area contributed by atoms with E-state index >= 15 is 0 Å². The molecule has 0 atom stereocenters. The van der Waals surface area contributed by atoms with Gasteiger partial charge in [0.25, 0.3) is 5.92 Å². The van der Waals surface area contributed by atoms with Crippen LogP contribution >= 0.6 is 0 Å². The molecule has 1 heterocycles. The topological polar surface area (TPSA) is 36.1 Å². The number of nitrogens with one attached hydrogen (secondary N) is 3. The molecule has 0 aliphatic carbocycles. The highest BCUT2D eigenvalue weighted by molar-refractivity contribution is 5.74. The van der Waals surface area contributed by atoms with Crippen molar-refractivity contribution in [3.63, 3.8) is 0 Å². The second-order valence-corrected chi connectivity index (χ2v) is 5.43. The number of benzene rings is 2. The maximum absolute atomic E-state index is 13.8. The molecule has 0 bridgehead atoms. The number of hydrogen-bond acceptors (Lipinski definition) is 3. The van der Waals surface area contributed by atoms with Gasteiger partial charge in [-0.15, -0.1) is 0 Å². The Labute approximate surface area is 128 Å². The van der Waals surface area contributed by atoms with Crippen LogP contribution < -0.4 is 16.4 Å². The molecule has 0 fully saturated rings. The van der Waals surface area contributed by atoms with E-state index in [1.54, 1.807) is 6.07 Å². The van der Waals surface area contributed by atoms with Crippen LogP contribution in [-0.2, 0) is 5.92 Å². The Morgan fingerprint density at radius 1 is 0.864 bits per heavy atom. The van der Waals surface area contributed by atoms with Gasteiger partial charge in [-0.2, -0.15) is 5.53 Å². The Bertz CT molecular complexity index is 718. The van der Waals surface area contributed by atoms with Gasteiger partial charge in [-0.05, 0) is 36.2 Å². The molecule has 0 saturated heterocycles. The summed E-state index contributed by atoms with van der Waals surface area (Å²) in [6.45, 7) is 2.79. The Kier molecular flexibility index (Phi) is 3.58. The molecule has 3 rings (SSSR count). The van der Waals surface area contributed by atoms with E-state index in [0.29, 0.717) is 5.56 Å². The van der Waals surface area contributed by atoms with Crippen molar-refractivity contribution in [1.82, 2.24) is 16.4 Å². The van der Waals surface area contributed by atoms with Gasteiger partial charge in [0.15, 0.2) is 0 Å². The predicted octanol–water partition coefficient (Wildman–Crippen LogP) is 3.77. The standard InChI is InChI=1S/C17H17F2N3/c1-11-16(21-22-20-11)14-8-13(12-6-4-3-5-7-12)9-15(10-14)17(2,18)19/h3-10,20-22H,1-2H3. The Morgan fingerprint density at radius 2 is 1.55 bits per heavy atom. The Morgan fingerprint density at radius 3 is 2.14 bits per heavy atom. The van der Waals surface area contributed by atoms with E-state index in [0.717, 1.165) is 29.4 Å². The second kappa shape index (κ2) is 5.42. The summed E-state index contributed by atoms with van der Waals surface area (Å²) in [5.41, 5.74) is 12.7. The third kappa shape index (κ3) is 2.80. The van der Waals surface area contributed by atoms with E-state index in [9.17, 15) is 8.78 Å². The quantitative estimate of drug-likeness (QED) is 0.808. The highest BCUT2D eigenvalue weighted by Gasteiger charge is 2.26. The third-order valence-electron chi connectivity index (χ3n) is 3.65. The number of halogens is 2. The van der Waals surface area contributed by atoms with E-state index in [1.165, 1.54) is 6.07 Å². The maximum atomic E-state index is 13.8. The van der Waals surface area contributed by atoms with Gasteiger partial charge in [0.1, 0.15) is 0 Å². The van der Waals surface area contributed by atoms with E-state index in [4.69, 9.17) is 0 Å². The largest absolute Gasteiger partial charge is 0.306 e. The predicted molar refractivity (Wildman–Crippen MR) is 83.4 cm³/mol. The number of allylic oxidation sites excluding steroid dienone is 1. The fourth-order valence-electron chi connectivity index (χ4n) is 2.46. The van der Waals surface area contributed by atoms with Crippen molar-refractivity contribution in [3.8, 4) is 11.1 Å². The Balaban J connectivity index is 2.17. The molecule has 22 heavy (non-hydrogen) atoms. The van der Waals surface area contributed by atoms with Gasteiger partial charge in [0.2, 0.25) is 0 Å². The average Bonchev–Trinajstić information content (AvgIpc) is 2.93. The Hall–Kier alpha value is -2.40. The first-order chi connectivity index (χ1) is 10.4. The molecule has 0 radical (unpaired) electrons. The van der Waals surface area contributed by atoms with Gasteiger partial charge in [-0.1, -0.05) is 30.3 Å². The van der Waals surface area contributed by atoms with Crippen LogP contribution in [0.15, 0.2) is 54.2 Å². The molecular weight excluding hydrogens is 284 g/mol. The fourth-order valence-corrected chi connectivity index (χ4v) is 2.46. The van der Waals surface area contributed by atoms with E-state index < -0.39 is 5.92 Å². The van der Waals surface area contributed by atoms with Crippen molar-refractivity contribution in [3.05, 3.63) is 65.4 Å². The molecule has 0 unspecified atom stereocenters. The molecule has 1 aliphatic rings. The van der Waals surface area contributed by atoms with Crippen LogP contribution in [0.1, 0.15) is 25.0 Å². The lowest BCUT2D eigenvalue weighted by molar-refractivity contribution is 0.0175. The summed E-state index contributed by atoms with van der Waals surface area (Å²) in [7, 11) is 0. The van der Waals surface area contributed by atoms with Crippen LogP contribution in [-0.4, -0.2) is 0 Å². The van der Waals surface area contributed by atoms with Gasteiger partial charge in [-0.25, -0.2) is 8.78 Å². The van der Waals surface area contributed by atoms with Crippen molar-refractivity contribution in [2.75, 3.05) is 0 Å². The summed E-state index contributed by atoms with van der Waals surface area (Å²) in [5, 5.41) is 0. The first kappa shape index (κ1) is 14.5. The molecule has 2 aromatic carbocycles.